The summed E-state index contributed by atoms with van der Waals surface area (Å²) in [5, 5.41) is 13.5. The Balaban J connectivity index is 1.80. The maximum Gasteiger partial charge on any atom is 0.310 e. The van der Waals surface area contributed by atoms with Gasteiger partial charge in [0.25, 0.3) is 5.91 Å². The van der Waals surface area contributed by atoms with Crippen LogP contribution in [0.3, 0.4) is 0 Å². The Morgan fingerprint density at radius 3 is 2.42 bits per heavy atom. The first-order chi connectivity index (χ1) is 12.6. The Morgan fingerprint density at radius 2 is 1.69 bits per heavy atom. The number of para-hydroxylation sites is 1. The number of carbonyl (C=O) groups is 3. The van der Waals surface area contributed by atoms with E-state index in [2.05, 4.69) is 10.6 Å². The summed E-state index contributed by atoms with van der Waals surface area (Å²) in [7, 11) is 0. The third-order valence-electron chi connectivity index (χ3n) is 4.11. The summed E-state index contributed by atoms with van der Waals surface area (Å²) >= 11 is 0. The minimum absolute atomic E-state index is 0.0262. The number of carbonyl (C=O) groups excluding carboxylic acids is 3. The van der Waals surface area contributed by atoms with Crippen molar-refractivity contribution in [3.63, 3.8) is 0 Å². The monoisotopic (exact) mass is 353 g/mol. The molecule has 1 aliphatic heterocycles. The molecule has 0 aromatic heterocycles. The lowest BCUT2D eigenvalue weighted by Gasteiger charge is -2.18. The number of aliphatic hydroxyl groups excluding tert-OH is 1. The first-order valence-electron chi connectivity index (χ1n) is 8.25. The Morgan fingerprint density at radius 1 is 1.00 bits per heavy atom. The molecular formula is C19H19N3O4. The molecule has 26 heavy (non-hydrogen) atoms. The Kier molecular flexibility index (Phi) is 5.28. The van der Waals surface area contributed by atoms with Crippen molar-refractivity contribution in [3.05, 3.63) is 65.7 Å². The van der Waals surface area contributed by atoms with Crippen LogP contribution in [0.1, 0.15) is 17.2 Å². The number of amides is 3. The number of hydrogen-bond donors (Lipinski definition) is 3. The molecule has 0 radical (unpaired) electrons. The molecule has 7 heteroatoms. The van der Waals surface area contributed by atoms with E-state index in [-0.39, 0.29) is 19.1 Å². The van der Waals surface area contributed by atoms with Crippen LogP contribution in [0.4, 0.5) is 5.69 Å². The maximum absolute atomic E-state index is 12.9. The predicted molar refractivity (Wildman–Crippen MR) is 95.1 cm³/mol. The van der Waals surface area contributed by atoms with Crippen molar-refractivity contribution >= 4 is 23.4 Å². The summed E-state index contributed by atoms with van der Waals surface area (Å²) in [4.78, 5) is 38.2. The van der Waals surface area contributed by atoms with E-state index < -0.39 is 17.9 Å². The number of aliphatic hydroxyl groups is 1. The summed E-state index contributed by atoms with van der Waals surface area (Å²) in [5.41, 5.74) is 2.32. The van der Waals surface area contributed by atoms with Crippen LogP contribution in [0, 0.1) is 0 Å². The lowest BCUT2D eigenvalue weighted by molar-refractivity contribution is -0.140. The molecule has 3 rings (SSSR count). The number of nitrogens with one attached hydrogen (secondary N) is 2. The summed E-state index contributed by atoms with van der Waals surface area (Å²) < 4.78 is 0. The standard InChI is InChI=1S/C19H19N3O4/c23-11-10-20-17(24)18(25)21-16-14-8-4-5-9-15(14)22(19(16)26)12-13-6-2-1-3-7-13/h1-9,16,23H,10-12H2,(H,20,24)(H,21,25). The van der Waals surface area contributed by atoms with Gasteiger partial charge >= 0.3 is 11.8 Å². The molecule has 0 fully saturated rings. The fourth-order valence-corrected chi connectivity index (χ4v) is 2.90. The van der Waals surface area contributed by atoms with Crippen molar-refractivity contribution in [3.8, 4) is 0 Å². The van der Waals surface area contributed by atoms with E-state index in [1.54, 1.807) is 17.0 Å². The topological polar surface area (TPSA) is 98.7 Å². The van der Waals surface area contributed by atoms with Gasteiger partial charge in [0.1, 0.15) is 6.04 Å². The van der Waals surface area contributed by atoms with Crippen molar-refractivity contribution in [2.75, 3.05) is 18.1 Å². The molecule has 0 saturated heterocycles. The average molecular weight is 353 g/mol. The molecule has 1 aliphatic rings. The number of nitrogens with zero attached hydrogens (tertiary/aromatic N) is 1. The number of anilines is 1. The smallest absolute Gasteiger partial charge is 0.310 e. The third-order valence-corrected chi connectivity index (χ3v) is 4.11. The Bertz CT molecular complexity index is 823. The van der Waals surface area contributed by atoms with E-state index in [9.17, 15) is 14.4 Å². The summed E-state index contributed by atoms with van der Waals surface area (Å²) in [6.45, 7) is 0.0798. The molecular weight excluding hydrogens is 334 g/mol. The zero-order valence-corrected chi connectivity index (χ0v) is 14.0. The minimum Gasteiger partial charge on any atom is -0.395 e. The van der Waals surface area contributed by atoms with Crippen molar-refractivity contribution in [2.45, 2.75) is 12.6 Å². The molecule has 1 unspecified atom stereocenters. The Labute approximate surface area is 150 Å². The largest absolute Gasteiger partial charge is 0.395 e. The van der Waals surface area contributed by atoms with Crippen molar-refractivity contribution in [1.82, 2.24) is 10.6 Å². The molecule has 0 saturated carbocycles. The van der Waals surface area contributed by atoms with Gasteiger partial charge in [0.05, 0.1) is 13.2 Å². The van der Waals surface area contributed by atoms with Gasteiger partial charge in [0.2, 0.25) is 0 Å². The van der Waals surface area contributed by atoms with E-state index in [4.69, 9.17) is 5.11 Å². The molecule has 134 valence electrons. The van der Waals surface area contributed by atoms with Gasteiger partial charge in [0.15, 0.2) is 0 Å². The van der Waals surface area contributed by atoms with Crippen LogP contribution in [-0.2, 0) is 20.9 Å². The molecule has 7 nitrogen and oxygen atoms in total. The van der Waals surface area contributed by atoms with E-state index in [1.807, 2.05) is 42.5 Å². The molecule has 0 spiro atoms. The van der Waals surface area contributed by atoms with E-state index in [0.717, 1.165) is 5.56 Å². The van der Waals surface area contributed by atoms with Crippen LogP contribution >= 0.6 is 0 Å². The SMILES string of the molecule is O=C(NCCO)C(=O)NC1C(=O)N(Cc2ccccc2)c2ccccc21. The molecule has 3 amide bonds. The van der Waals surface area contributed by atoms with Crippen molar-refractivity contribution in [2.24, 2.45) is 0 Å². The van der Waals surface area contributed by atoms with E-state index >= 15 is 0 Å². The second-order valence-electron chi connectivity index (χ2n) is 5.85. The zero-order chi connectivity index (χ0) is 18.5. The van der Waals surface area contributed by atoms with Gasteiger partial charge in [0, 0.05) is 17.8 Å². The van der Waals surface area contributed by atoms with Crippen molar-refractivity contribution < 1.29 is 19.5 Å². The van der Waals surface area contributed by atoms with Crippen molar-refractivity contribution in [1.29, 1.82) is 0 Å². The molecule has 1 heterocycles. The molecule has 2 aromatic rings. The van der Waals surface area contributed by atoms with Crippen LogP contribution in [0.2, 0.25) is 0 Å². The maximum atomic E-state index is 12.9. The fraction of sp³-hybridized carbons (Fsp3) is 0.211. The molecule has 3 N–H and O–H groups in total. The molecule has 2 aromatic carbocycles. The van der Waals surface area contributed by atoms with Crippen LogP contribution in [0.15, 0.2) is 54.6 Å². The molecule has 0 aliphatic carbocycles. The van der Waals surface area contributed by atoms with Gasteiger partial charge in [-0.25, -0.2) is 0 Å². The first kappa shape index (κ1) is 17.6. The highest BCUT2D eigenvalue weighted by molar-refractivity contribution is 6.35. The molecule has 0 bridgehead atoms. The second-order valence-corrected chi connectivity index (χ2v) is 5.85. The number of hydrogen-bond acceptors (Lipinski definition) is 4. The van der Waals surface area contributed by atoms with Crippen LogP contribution in [-0.4, -0.2) is 36.0 Å². The number of fused-ring (bicyclic) bond motifs is 1. The summed E-state index contributed by atoms with van der Waals surface area (Å²) in [6, 6.07) is 15.8. The van der Waals surface area contributed by atoms with Gasteiger partial charge in [-0.1, -0.05) is 48.5 Å². The third kappa shape index (κ3) is 3.57. The predicted octanol–water partition coefficient (Wildman–Crippen LogP) is 0.499. The zero-order valence-electron chi connectivity index (χ0n) is 14.0. The average Bonchev–Trinajstić information content (AvgIpc) is 2.93. The highest BCUT2D eigenvalue weighted by atomic mass is 16.3. The minimum atomic E-state index is -0.915. The highest BCUT2D eigenvalue weighted by Gasteiger charge is 2.38. The number of benzene rings is 2. The van der Waals surface area contributed by atoms with Crippen LogP contribution < -0.4 is 15.5 Å². The van der Waals surface area contributed by atoms with Gasteiger partial charge in [-0.05, 0) is 11.6 Å². The Hall–Kier alpha value is -3.19. The highest BCUT2D eigenvalue weighted by Crippen LogP contribution is 2.36. The normalized spacial score (nSPS) is 15.5. The van der Waals surface area contributed by atoms with Gasteiger partial charge in [-0.3, -0.25) is 14.4 Å². The fourth-order valence-electron chi connectivity index (χ4n) is 2.90. The van der Waals surface area contributed by atoms with Crippen LogP contribution in [0.25, 0.3) is 0 Å². The summed E-state index contributed by atoms with van der Waals surface area (Å²) in [5.74, 6) is -2.09. The van der Waals surface area contributed by atoms with Gasteiger partial charge < -0.3 is 20.6 Å². The molecule has 1 atom stereocenters. The lowest BCUT2D eigenvalue weighted by atomic mass is 10.1. The van der Waals surface area contributed by atoms with Gasteiger partial charge in [-0.15, -0.1) is 0 Å². The summed E-state index contributed by atoms with van der Waals surface area (Å²) in [6.07, 6.45) is 0. The van der Waals surface area contributed by atoms with Gasteiger partial charge in [-0.2, -0.15) is 0 Å². The van der Waals surface area contributed by atoms with Crippen LogP contribution in [0.5, 0.6) is 0 Å². The quantitative estimate of drug-likeness (QED) is 0.682. The van der Waals surface area contributed by atoms with E-state index in [1.165, 1.54) is 0 Å². The van der Waals surface area contributed by atoms with E-state index in [0.29, 0.717) is 17.8 Å². The second kappa shape index (κ2) is 7.79. The lowest BCUT2D eigenvalue weighted by Crippen LogP contribution is -2.45. The first-order valence-corrected chi connectivity index (χ1v) is 8.25. The number of rotatable bonds is 5.